The molecule has 1 N–H and O–H groups in total. The van der Waals surface area contributed by atoms with Crippen LogP contribution in [-0.2, 0) is 9.84 Å². The highest BCUT2D eigenvalue weighted by atomic mass is 32.2. The number of rotatable bonds is 4. The number of nitrogens with zero attached hydrogens (tertiary/aromatic N) is 4. The normalized spacial score (nSPS) is 22.1. The van der Waals surface area contributed by atoms with Crippen LogP contribution in [-0.4, -0.2) is 77.8 Å². The molecule has 1 aromatic heterocycles. The van der Waals surface area contributed by atoms with Crippen molar-refractivity contribution in [1.29, 1.82) is 0 Å². The molecule has 1 atom stereocenters. The van der Waals surface area contributed by atoms with E-state index in [0.717, 1.165) is 5.69 Å². The van der Waals surface area contributed by atoms with Crippen LogP contribution in [0.3, 0.4) is 0 Å². The summed E-state index contributed by atoms with van der Waals surface area (Å²) in [5, 5.41) is 3.10. The van der Waals surface area contributed by atoms with Gasteiger partial charge >= 0.3 is 0 Å². The van der Waals surface area contributed by atoms with Crippen LogP contribution >= 0.6 is 0 Å². The zero-order valence-electron chi connectivity index (χ0n) is 15.5. The molecule has 8 nitrogen and oxygen atoms in total. The second kappa shape index (κ2) is 7.84. The van der Waals surface area contributed by atoms with E-state index in [1.807, 2.05) is 17.0 Å². The molecule has 2 saturated heterocycles. The number of piperazine rings is 1. The van der Waals surface area contributed by atoms with Gasteiger partial charge in [0.1, 0.15) is 0 Å². The van der Waals surface area contributed by atoms with E-state index in [9.17, 15) is 13.2 Å². The van der Waals surface area contributed by atoms with E-state index >= 15 is 0 Å². The molecule has 4 rings (SSSR count). The predicted molar refractivity (Wildman–Crippen MR) is 106 cm³/mol. The maximum absolute atomic E-state index is 12.9. The van der Waals surface area contributed by atoms with E-state index in [1.165, 1.54) is 0 Å². The van der Waals surface area contributed by atoms with Crippen molar-refractivity contribution in [1.82, 2.24) is 19.8 Å². The minimum Gasteiger partial charge on any atom is -0.336 e. The molecule has 148 valence electrons. The number of sulfone groups is 1. The molecule has 0 spiro atoms. The van der Waals surface area contributed by atoms with Gasteiger partial charge in [-0.1, -0.05) is 6.07 Å². The Morgan fingerprint density at radius 3 is 2.50 bits per heavy atom. The number of benzene rings is 1. The number of aromatic nitrogens is 2. The molecule has 0 radical (unpaired) electrons. The van der Waals surface area contributed by atoms with E-state index in [0.29, 0.717) is 44.1 Å². The van der Waals surface area contributed by atoms with Gasteiger partial charge in [-0.05, 0) is 30.7 Å². The van der Waals surface area contributed by atoms with Crippen LogP contribution < -0.4 is 5.32 Å². The molecule has 2 aliphatic heterocycles. The topological polar surface area (TPSA) is 95.5 Å². The molecule has 28 heavy (non-hydrogen) atoms. The minimum absolute atomic E-state index is 0.0173. The second-order valence-corrected chi connectivity index (χ2v) is 9.39. The van der Waals surface area contributed by atoms with Gasteiger partial charge in [0.15, 0.2) is 9.84 Å². The highest BCUT2D eigenvalue weighted by Crippen LogP contribution is 2.21. The zero-order chi connectivity index (χ0) is 19.6. The predicted octanol–water partition coefficient (Wildman–Crippen LogP) is 1.17. The van der Waals surface area contributed by atoms with Crippen molar-refractivity contribution in [2.75, 3.05) is 43.0 Å². The number of nitrogens with one attached hydrogen (secondary N) is 1. The van der Waals surface area contributed by atoms with E-state index in [2.05, 4.69) is 20.2 Å². The molecule has 2 aromatic rings. The highest BCUT2D eigenvalue weighted by Gasteiger charge is 2.34. The third-order valence-corrected chi connectivity index (χ3v) is 7.01. The average molecular weight is 401 g/mol. The van der Waals surface area contributed by atoms with Gasteiger partial charge < -0.3 is 10.2 Å². The monoisotopic (exact) mass is 401 g/mol. The summed E-state index contributed by atoms with van der Waals surface area (Å²) in [5.74, 6) is 0.987. The fourth-order valence-electron chi connectivity index (χ4n) is 3.76. The Balaban J connectivity index is 1.37. The van der Waals surface area contributed by atoms with Crippen LogP contribution in [0.1, 0.15) is 16.8 Å². The lowest BCUT2D eigenvalue weighted by molar-refractivity contribution is 0.0588. The van der Waals surface area contributed by atoms with Crippen LogP contribution in [0.4, 0.5) is 11.6 Å². The SMILES string of the molecule is O=C(c1cccc(Nc2ncccn2)c1)N1CCN([C@@H]2CCS(=O)(=O)C2)CC1. The van der Waals surface area contributed by atoms with Crippen LogP contribution in [0.5, 0.6) is 0 Å². The summed E-state index contributed by atoms with van der Waals surface area (Å²) in [7, 11) is -2.89. The number of carbonyl (C=O) groups excluding carboxylic acids is 1. The number of anilines is 2. The van der Waals surface area contributed by atoms with Crippen molar-refractivity contribution in [3.63, 3.8) is 0 Å². The molecule has 0 unspecified atom stereocenters. The van der Waals surface area contributed by atoms with E-state index in [4.69, 9.17) is 0 Å². The summed E-state index contributed by atoms with van der Waals surface area (Å²) >= 11 is 0. The van der Waals surface area contributed by atoms with Gasteiger partial charge in [0.05, 0.1) is 11.5 Å². The third-order valence-electron chi connectivity index (χ3n) is 5.26. The lowest BCUT2D eigenvalue weighted by Crippen LogP contribution is -2.52. The summed E-state index contributed by atoms with van der Waals surface area (Å²) in [5.41, 5.74) is 1.37. The number of hydrogen-bond donors (Lipinski definition) is 1. The maximum Gasteiger partial charge on any atom is 0.254 e. The van der Waals surface area contributed by atoms with Gasteiger partial charge in [0, 0.05) is 55.9 Å². The van der Waals surface area contributed by atoms with Crippen LogP contribution in [0, 0.1) is 0 Å². The Kier molecular flexibility index (Phi) is 5.27. The molecular weight excluding hydrogens is 378 g/mol. The van der Waals surface area contributed by atoms with Crippen LogP contribution in [0.2, 0.25) is 0 Å². The minimum atomic E-state index is -2.89. The van der Waals surface area contributed by atoms with Gasteiger partial charge in [-0.25, -0.2) is 18.4 Å². The van der Waals surface area contributed by atoms with E-state index in [1.54, 1.807) is 30.6 Å². The fourth-order valence-corrected chi connectivity index (χ4v) is 5.52. The molecule has 9 heteroatoms. The van der Waals surface area contributed by atoms with E-state index < -0.39 is 9.84 Å². The number of carbonyl (C=O) groups is 1. The van der Waals surface area contributed by atoms with Crippen molar-refractivity contribution in [3.8, 4) is 0 Å². The molecule has 0 bridgehead atoms. The first-order chi connectivity index (χ1) is 13.5. The fraction of sp³-hybridized carbons (Fsp3) is 0.421. The zero-order valence-corrected chi connectivity index (χ0v) is 16.3. The lowest BCUT2D eigenvalue weighted by atomic mass is 10.1. The molecule has 3 heterocycles. The first-order valence-corrected chi connectivity index (χ1v) is 11.2. The average Bonchev–Trinajstić information content (AvgIpc) is 3.08. The molecule has 0 aliphatic carbocycles. The third kappa shape index (κ3) is 4.31. The molecule has 2 aliphatic rings. The maximum atomic E-state index is 12.9. The van der Waals surface area contributed by atoms with Crippen molar-refractivity contribution in [3.05, 3.63) is 48.3 Å². The van der Waals surface area contributed by atoms with Gasteiger partial charge in [-0.2, -0.15) is 0 Å². The summed E-state index contributed by atoms with van der Waals surface area (Å²) in [6.07, 6.45) is 4.00. The first-order valence-electron chi connectivity index (χ1n) is 9.38. The number of hydrogen-bond acceptors (Lipinski definition) is 7. The smallest absolute Gasteiger partial charge is 0.254 e. The molecule has 1 amide bonds. The summed E-state index contributed by atoms with van der Waals surface area (Å²) in [4.78, 5) is 25.2. The van der Waals surface area contributed by atoms with Gasteiger partial charge in [0.25, 0.3) is 5.91 Å². The first kappa shape index (κ1) is 18.8. The molecule has 2 fully saturated rings. The Morgan fingerprint density at radius 1 is 1.07 bits per heavy atom. The van der Waals surface area contributed by atoms with Crippen molar-refractivity contribution in [2.45, 2.75) is 12.5 Å². The Labute approximate surface area is 164 Å². The van der Waals surface area contributed by atoms with Crippen molar-refractivity contribution >= 4 is 27.4 Å². The highest BCUT2D eigenvalue weighted by molar-refractivity contribution is 7.91. The van der Waals surface area contributed by atoms with Crippen molar-refractivity contribution < 1.29 is 13.2 Å². The molecule has 0 saturated carbocycles. The Hall–Kier alpha value is -2.52. The van der Waals surface area contributed by atoms with Crippen molar-refractivity contribution in [2.24, 2.45) is 0 Å². The van der Waals surface area contributed by atoms with Crippen LogP contribution in [0.15, 0.2) is 42.7 Å². The van der Waals surface area contributed by atoms with Gasteiger partial charge in [-0.15, -0.1) is 0 Å². The summed E-state index contributed by atoms with van der Waals surface area (Å²) < 4.78 is 23.4. The second-order valence-electron chi connectivity index (χ2n) is 7.16. The van der Waals surface area contributed by atoms with E-state index in [-0.39, 0.29) is 23.5 Å². The quantitative estimate of drug-likeness (QED) is 0.821. The Bertz CT molecular complexity index is 943. The summed E-state index contributed by atoms with van der Waals surface area (Å²) in [6.45, 7) is 2.63. The number of amides is 1. The lowest BCUT2D eigenvalue weighted by Gasteiger charge is -2.37. The Morgan fingerprint density at radius 2 is 1.82 bits per heavy atom. The molecular formula is C19H23N5O3S. The van der Waals surface area contributed by atoms with Crippen LogP contribution in [0.25, 0.3) is 0 Å². The summed E-state index contributed by atoms with van der Waals surface area (Å²) in [6, 6.07) is 9.14. The molecule has 1 aromatic carbocycles. The standard InChI is InChI=1S/C19H23N5O3S/c25-18(15-3-1-4-16(13-15)22-19-20-6-2-7-21-19)24-10-8-23(9-11-24)17-5-12-28(26,27)14-17/h1-4,6-7,13,17H,5,8-12,14H2,(H,20,21,22)/t17-/m1/s1. The largest absolute Gasteiger partial charge is 0.336 e. The van der Waals surface area contributed by atoms with Gasteiger partial charge in [0.2, 0.25) is 5.95 Å². The van der Waals surface area contributed by atoms with Gasteiger partial charge in [-0.3, -0.25) is 9.69 Å².